The Bertz CT molecular complexity index is 681. The average Bonchev–Trinajstić information content (AvgIpc) is 2.57. The van der Waals surface area contributed by atoms with Crippen molar-refractivity contribution in [1.82, 2.24) is 10.6 Å². The highest BCUT2D eigenvalue weighted by molar-refractivity contribution is 9.10. The predicted molar refractivity (Wildman–Crippen MR) is 105 cm³/mol. The van der Waals surface area contributed by atoms with Crippen LogP contribution in [-0.2, 0) is 0 Å². The lowest BCUT2D eigenvalue weighted by Crippen LogP contribution is -2.57. The quantitative estimate of drug-likeness (QED) is 0.725. The van der Waals surface area contributed by atoms with Crippen molar-refractivity contribution in [1.29, 1.82) is 0 Å². The normalized spacial score (nSPS) is 32.3. The lowest BCUT2D eigenvalue weighted by molar-refractivity contribution is -0.00692. The highest BCUT2D eigenvalue weighted by Crippen LogP contribution is 2.53. The Balaban J connectivity index is 1.37. The average molecular weight is 423 g/mol. The summed E-state index contributed by atoms with van der Waals surface area (Å²) < 4.78 is 5.95. The van der Waals surface area contributed by atoms with Crippen molar-refractivity contribution < 1.29 is 9.53 Å². The van der Waals surface area contributed by atoms with Gasteiger partial charge in [0, 0.05) is 11.6 Å². The maximum absolute atomic E-state index is 12.5. The summed E-state index contributed by atoms with van der Waals surface area (Å²) in [6.07, 6.45) is 6.74. The standard InChI is InChI=1S/C19H23BrN2O2S/c1-24-16-3-2-12(9-15(16)20)18(23)22-19(25)21-17-13-5-10-4-11(7-13)8-14(17)6-10/h2-3,9-11,13-14,17H,4-8H2,1H3,(H2,21,22,23,25). The molecule has 0 radical (unpaired) electrons. The van der Waals surface area contributed by atoms with Gasteiger partial charge in [-0.1, -0.05) is 0 Å². The van der Waals surface area contributed by atoms with Crippen molar-refractivity contribution >= 4 is 39.2 Å². The minimum atomic E-state index is -0.190. The number of hydrogen-bond donors (Lipinski definition) is 2. The van der Waals surface area contributed by atoms with Crippen LogP contribution in [0, 0.1) is 23.7 Å². The van der Waals surface area contributed by atoms with E-state index in [-0.39, 0.29) is 5.91 Å². The SMILES string of the molecule is COc1ccc(C(=O)NC(=S)NC2C3CC4CC(C3)CC2C4)cc1Br. The first-order chi connectivity index (χ1) is 12.0. The molecule has 4 saturated carbocycles. The molecule has 0 saturated heterocycles. The van der Waals surface area contributed by atoms with E-state index in [0.29, 0.717) is 22.5 Å². The molecule has 4 fully saturated rings. The third-order valence-electron chi connectivity index (χ3n) is 6.17. The molecule has 1 aromatic rings. The van der Waals surface area contributed by atoms with Crippen LogP contribution in [0.2, 0.25) is 0 Å². The molecule has 0 atom stereocenters. The van der Waals surface area contributed by atoms with E-state index < -0.39 is 0 Å². The molecule has 6 heteroatoms. The minimum absolute atomic E-state index is 0.190. The van der Waals surface area contributed by atoms with Crippen molar-refractivity contribution in [3.05, 3.63) is 28.2 Å². The van der Waals surface area contributed by atoms with Crippen LogP contribution in [0.3, 0.4) is 0 Å². The van der Waals surface area contributed by atoms with Crippen LogP contribution in [0.5, 0.6) is 5.75 Å². The van der Waals surface area contributed by atoms with E-state index in [4.69, 9.17) is 17.0 Å². The van der Waals surface area contributed by atoms with E-state index in [9.17, 15) is 4.79 Å². The molecule has 1 amide bonds. The summed E-state index contributed by atoms with van der Waals surface area (Å²) in [5.74, 6) is 3.82. The van der Waals surface area contributed by atoms with Gasteiger partial charge in [0.05, 0.1) is 11.6 Å². The second kappa shape index (κ2) is 6.88. The molecule has 4 nitrogen and oxygen atoms in total. The topological polar surface area (TPSA) is 50.4 Å². The van der Waals surface area contributed by atoms with Crippen LogP contribution in [0.25, 0.3) is 0 Å². The number of thiocarbonyl (C=S) groups is 1. The van der Waals surface area contributed by atoms with Gasteiger partial charge in [0.15, 0.2) is 5.11 Å². The van der Waals surface area contributed by atoms with Crippen LogP contribution < -0.4 is 15.4 Å². The van der Waals surface area contributed by atoms with Crippen LogP contribution in [-0.4, -0.2) is 24.2 Å². The number of halogens is 1. The Labute approximate surface area is 162 Å². The summed E-state index contributed by atoms with van der Waals surface area (Å²) in [4.78, 5) is 12.5. The predicted octanol–water partition coefficient (Wildman–Crippen LogP) is 3.89. The number of methoxy groups -OCH3 is 1. The summed E-state index contributed by atoms with van der Waals surface area (Å²) in [7, 11) is 1.60. The summed E-state index contributed by atoms with van der Waals surface area (Å²) in [5.41, 5.74) is 0.557. The summed E-state index contributed by atoms with van der Waals surface area (Å²) in [5, 5.41) is 6.76. The van der Waals surface area contributed by atoms with Gasteiger partial charge in [-0.3, -0.25) is 10.1 Å². The number of carbonyl (C=O) groups is 1. The van der Waals surface area contributed by atoms with Crippen molar-refractivity contribution in [2.45, 2.75) is 38.1 Å². The van der Waals surface area contributed by atoms with Crippen molar-refractivity contribution in [2.24, 2.45) is 23.7 Å². The molecule has 4 aliphatic carbocycles. The van der Waals surface area contributed by atoms with Gasteiger partial charge in [-0.2, -0.15) is 0 Å². The molecular formula is C19H23BrN2O2S. The fraction of sp³-hybridized carbons (Fsp3) is 0.579. The molecule has 2 N–H and O–H groups in total. The second-order valence-corrected chi connectivity index (χ2v) is 9.00. The van der Waals surface area contributed by atoms with Crippen molar-refractivity contribution in [2.75, 3.05) is 7.11 Å². The molecule has 134 valence electrons. The van der Waals surface area contributed by atoms with Gasteiger partial charge in [0.2, 0.25) is 0 Å². The molecule has 0 spiro atoms. The Kier molecular flexibility index (Phi) is 4.75. The van der Waals surface area contributed by atoms with Crippen molar-refractivity contribution in [3.8, 4) is 5.75 Å². The molecule has 1 aromatic carbocycles. The van der Waals surface area contributed by atoms with Crippen LogP contribution >= 0.6 is 28.1 Å². The zero-order valence-corrected chi connectivity index (χ0v) is 16.7. The second-order valence-electron chi connectivity index (χ2n) is 7.73. The van der Waals surface area contributed by atoms with E-state index in [1.165, 1.54) is 32.1 Å². The maximum Gasteiger partial charge on any atom is 0.257 e. The molecule has 0 aliphatic heterocycles. The largest absolute Gasteiger partial charge is 0.496 e. The first kappa shape index (κ1) is 17.3. The zero-order chi connectivity index (χ0) is 17.6. The Morgan fingerprint density at radius 3 is 2.36 bits per heavy atom. The van der Waals surface area contributed by atoms with E-state index in [1.54, 1.807) is 25.3 Å². The molecular weight excluding hydrogens is 400 g/mol. The van der Waals surface area contributed by atoms with Crippen molar-refractivity contribution in [3.63, 3.8) is 0 Å². The van der Waals surface area contributed by atoms with E-state index >= 15 is 0 Å². The Hall–Kier alpha value is -1.14. The summed E-state index contributed by atoms with van der Waals surface area (Å²) in [6, 6.07) is 5.69. The lowest BCUT2D eigenvalue weighted by atomic mass is 9.54. The molecule has 4 aliphatic rings. The van der Waals surface area contributed by atoms with E-state index in [0.717, 1.165) is 28.1 Å². The highest BCUT2D eigenvalue weighted by Gasteiger charge is 2.48. The number of hydrogen-bond acceptors (Lipinski definition) is 3. The molecule has 25 heavy (non-hydrogen) atoms. The molecule has 0 unspecified atom stereocenters. The Morgan fingerprint density at radius 2 is 1.80 bits per heavy atom. The highest BCUT2D eigenvalue weighted by atomic mass is 79.9. The first-order valence-electron chi connectivity index (χ1n) is 8.99. The van der Waals surface area contributed by atoms with Crippen LogP contribution in [0.1, 0.15) is 42.5 Å². The first-order valence-corrected chi connectivity index (χ1v) is 10.2. The van der Waals surface area contributed by atoms with Gasteiger partial charge in [-0.25, -0.2) is 0 Å². The van der Waals surface area contributed by atoms with Gasteiger partial charge in [0.1, 0.15) is 5.75 Å². The lowest BCUT2D eigenvalue weighted by Gasteiger charge is -2.54. The zero-order valence-electron chi connectivity index (χ0n) is 14.3. The number of rotatable bonds is 3. The van der Waals surface area contributed by atoms with Gasteiger partial charge in [-0.05, 0) is 102 Å². The smallest absolute Gasteiger partial charge is 0.257 e. The fourth-order valence-electron chi connectivity index (χ4n) is 5.33. The third-order valence-corrected chi connectivity index (χ3v) is 7.01. The van der Waals surface area contributed by atoms with E-state index in [1.807, 2.05) is 0 Å². The molecule has 0 heterocycles. The van der Waals surface area contributed by atoms with Crippen LogP contribution in [0.15, 0.2) is 22.7 Å². The van der Waals surface area contributed by atoms with Gasteiger partial charge < -0.3 is 10.1 Å². The summed E-state index contributed by atoms with van der Waals surface area (Å²) >= 11 is 8.84. The molecule has 5 rings (SSSR count). The van der Waals surface area contributed by atoms with Crippen LogP contribution in [0.4, 0.5) is 0 Å². The van der Waals surface area contributed by atoms with Gasteiger partial charge in [0.25, 0.3) is 5.91 Å². The number of benzene rings is 1. The summed E-state index contributed by atoms with van der Waals surface area (Å²) in [6.45, 7) is 0. The number of nitrogens with one attached hydrogen (secondary N) is 2. The van der Waals surface area contributed by atoms with Gasteiger partial charge in [-0.15, -0.1) is 0 Å². The number of carbonyl (C=O) groups excluding carboxylic acids is 1. The Morgan fingerprint density at radius 1 is 1.16 bits per heavy atom. The monoisotopic (exact) mass is 422 g/mol. The number of ether oxygens (including phenoxy) is 1. The fourth-order valence-corrected chi connectivity index (χ4v) is 6.10. The molecule has 4 bridgehead atoms. The molecule has 0 aromatic heterocycles. The maximum atomic E-state index is 12.5. The minimum Gasteiger partial charge on any atom is -0.496 e. The van der Waals surface area contributed by atoms with Gasteiger partial charge >= 0.3 is 0 Å². The third kappa shape index (κ3) is 3.43. The number of amides is 1. The van der Waals surface area contributed by atoms with E-state index in [2.05, 4.69) is 26.6 Å².